The van der Waals surface area contributed by atoms with Crippen LogP contribution in [0.3, 0.4) is 0 Å². The number of rotatable bonds is 6. The molecule has 0 aliphatic carbocycles. The van der Waals surface area contributed by atoms with Crippen molar-refractivity contribution in [1.82, 2.24) is 9.80 Å². The summed E-state index contributed by atoms with van der Waals surface area (Å²) in [5.41, 5.74) is 9.37. The summed E-state index contributed by atoms with van der Waals surface area (Å²) in [6.45, 7) is 11.1. The van der Waals surface area contributed by atoms with E-state index in [1.165, 1.54) is 17.5 Å². The zero-order chi connectivity index (χ0) is 18.7. The summed E-state index contributed by atoms with van der Waals surface area (Å²) in [5, 5.41) is 0. The van der Waals surface area contributed by atoms with Crippen molar-refractivity contribution in [2.75, 3.05) is 38.5 Å². The third kappa shape index (κ3) is 4.50. The van der Waals surface area contributed by atoms with Crippen LogP contribution in [0.5, 0.6) is 5.75 Å². The molecule has 5 heteroatoms. The second-order valence-corrected chi connectivity index (χ2v) is 8.01. The van der Waals surface area contributed by atoms with Crippen molar-refractivity contribution < 1.29 is 9.53 Å². The van der Waals surface area contributed by atoms with Gasteiger partial charge in [-0.2, -0.15) is 0 Å². The van der Waals surface area contributed by atoms with Gasteiger partial charge in [-0.15, -0.1) is 0 Å². The first kappa shape index (κ1) is 19.0. The van der Waals surface area contributed by atoms with Crippen LogP contribution in [0.1, 0.15) is 56.6 Å². The molecule has 144 valence electrons. The fourth-order valence-corrected chi connectivity index (χ4v) is 3.98. The summed E-state index contributed by atoms with van der Waals surface area (Å²) in [5.74, 6) is 1.58. The molecule has 0 bridgehead atoms. The summed E-state index contributed by atoms with van der Waals surface area (Å²) < 4.78 is 5.87. The number of hydrogen-bond donors (Lipinski definition) is 1. The maximum absolute atomic E-state index is 12.4. The molecule has 0 atom stereocenters. The number of likely N-dealkylation sites (tertiary alicyclic amines) is 2. The molecule has 0 unspecified atom stereocenters. The van der Waals surface area contributed by atoms with Crippen LogP contribution < -0.4 is 10.5 Å². The zero-order valence-corrected chi connectivity index (χ0v) is 16.5. The van der Waals surface area contributed by atoms with Gasteiger partial charge in [0.05, 0.1) is 11.8 Å². The lowest BCUT2D eigenvalue weighted by Gasteiger charge is -2.35. The van der Waals surface area contributed by atoms with E-state index in [1.807, 2.05) is 19.9 Å². The maximum atomic E-state index is 12.4. The lowest BCUT2D eigenvalue weighted by Crippen LogP contribution is -2.42. The number of carbonyl (C=O) groups excluding carboxylic acids is 1. The monoisotopic (exact) mass is 359 g/mol. The van der Waals surface area contributed by atoms with Crippen LogP contribution in [0, 0.1) is 6.92 Å². The minimum atomic E-state index is 0.110. The first-order valence-electron chi connectivity index (χ1n) is 10.0. The lowest BCUT2D eigenvalue weighted by molar-refractivity contribution is -0.132. The predicted molar refractivity (Wildman–Crippen MR) is 106 cm³/mol. The quantitative estimate of drug-likeness (QED) is 0.793. The standard InChI is InChI=1S/C21H33N3O2/c1-15(2)26-20-14-18(16(3)13-19(20)22)17-5-11-24(12-6-17)21(25)7-10-23-8-4-9-23/h13-15,17H,4-12,22H2,1-3H3. The van der Waals surface area contributed by atoms with E-state index in [0.717, 1.165) is 51.3 Å². The van der Waals surface area contributed by atoms with Crippen molar-refractivity contribution >= 4 is 11.6 Å². The van der Waals surface area contributed by atoms with Gasteiger partial charge in [0.2, 0.25) is 5.91 Å². The lowest BCUT2D eigenvalue weighted by atomic mass is 9.86. The average Bonchev–Trinajstić information content (AvgIpc) is 2.55. The number of amides is 1. The van der Waals surface area contributed by atoms with Crippen LogP contribution >= 0.6 is 0 Å². The molecule has 2 aliphatic heterocycles. The SMILES string of the molecule is Cc1cc(N)c(OC(C)C)cc1C1CCN(C(=O)CCN2CCC2)CC1. The fourth-order valence-electron chi connectivity index (χ4n) is 3.98. The maximum Gasteiger partial charge on any atom is 0.223 e. The Hall–Kier alpha value is -1.75. The van der Waals surface area contributed by atoms with E-state index < -0.39 is 0 Å². The van der Waals surface area contributed by atoms with E-state index in [9.17, 15) is 4.79 Å². The number of nitrogens with two attached hydrogens (primary N) is 1. The average molecular weight is 360 g/mol. The summed E-state index contributed by atoms with van der Waals surface area (Å²) in [7, 11) is 0. The van der Waals surface area contributed by atoms with Crippen LogP contribution in [-0.2, 0) is 4.79 Å². The molecule has 0 aromatic heterocycles. The third-order valence-corrected chi connectivity index (χ3v) is 5.64. The van der Waals surface area contributed by atoms with E-state index in [2.05, 4.69) is 22.8 Å². The second kappa shape index (κ2) is 8.30. The smallest absolute Gasteiger partial charge is 0.223 e. The molecular weight excluding hydrogens is 326 g/mol. The molecule has 1 amide bonds. The van der Waals surface area contributed by atoms with Gasteiger partial charge in [0.25, 0.3) is 0 Å². The van der Waals surface area contributed by atoms with Gasteiger partial charge in [-0.25, -0.2) is 0 Å². The number of piperidine rings is 1. The van der Waals surface area contributed by atoms with E-state index >= 15 is 0 Å². The molecule has 2 fully saturated rings. The van der Waals surface area contributed by atoms with Crippen LogP contribution in [-0.4, -0.2) is 54.5 Å². The van der Waals surface area contributed by atoms with Gasteiger partial charge in [-0.3, -0.25) is 4.79 Å². The second-order valence-electron chi connectivity index (χ2n) is 8.01. The number of ether oxygens (including phenoxy) is 1. The summed E-state index contributed by atoms with van der Waals surface area (Å²) in [6.07, 6.45) is 4.09. The highest BCUT2D eigenvalue weighted by atomic mass is 16.5. The molecule has 2 N–H and O–H groups in total. The minimum absolute atomic E-state index is 0.110. The van der Waals surface area contributed by atoms with Crippen molar-refractivity contribution in [1.29, 1.82) is 0 Å². The molecule has 0 spiro atoms. The Morgan fingerprint density at radius 1 is 1.23 bits per heavy atom. The Morgan fingerprint density at radius 3 is 2.50 bits per heavy atom. The molecule has 2 aliphatic rings. The van der Waals surface area contributed by atoms with E-state index in [4.69, 9.17) is 10.5 Å². The van der Waals surface area contributed by atoms with Gasteiger partial charge < -0.3 is 20.3 Å². The normalized spacial score (nSPS) is 18.8. The largest absolute Gasteiger partial charge is 0.489 e. The number of aryl methyl sites for hydroxylation is 1. The number of anilines is 1. The summed E-state index contributed by atoms with van der Waals surface area (Å²) >= 11 is 0. The van der Waals surface area contributed by atoms with E-state index in [0.29, 0.717) is 23.9 Å². The van der Waals surface area contributed by atoms with Crippen molar-refractivity contribution in [3.8, 4) is 5.75 Å². The number of carbonyl (C=O) groups is 1. The van der Waals surface area contributed by atoms with Gasteiger partial charge in [0, 0.05) is 26.1 Å². The fraction of sp³-hybridized carbons (Fsp3) is 0.667. The highest BCUT2D eigenvalue weighted by Gasteiger charge is 2.26. The van der Waals surface area contributed by atoms with Crippen LogP contribution in [0.4, 0.5) is 5.69 Å². The summed E-state index contributed by atoms with van der Waals surface area (Å²) in [6, 6.07) is 4.15. The summed E-state index contributed by atoms with van der Waals surface area (Å²) in [4.78, 5) is 16.8. The van der Waals surface area contributed by atoms with E-state index in [1.54, 1.807) is 0 Å². The molecule has 1 aromatic carbocycles. The Morgan fingerprint density at radius 2 is 1.92 bits per heavy atom. The van der Waals surface area contributed by atoms with Gasteiger partial charge in [0.15, 0.2) is 0 Å². The number of nitrogen functional groups attached to an aromatic ring is 1. The van der Waals surface area contributed by atoms with Crippen molar-refractivity contribution in [2.45, 2.75) is 58.5 Å². The number of benzene rings is 1. The van der Waals surface area contributed by atoms with Crippen molar-refractivity contribution in [3.05, 3.63) is 23.3 Å². The molecule has 0 saturated carbocycles. The Kier molecular flexibility index (Phi) is 6.07. The van der Waals surface area contributed by atoms with Crippen molar-refractivity contribution in [2.24, 2.45) is 0 Å². The molecule has 3 rings (SSSR count). The van der Waals surface area contributed by atoms with E-state index in [-0.39, 0.29) is 6.10 Å². The number of nitrogens with zero attached hydrogens (tertiary/aromatic N) is 2. The predicted octanol–water partition coefficient (Wildman–Crippen LogP) is 3.17. The van der Waals surface area contributed by atoms with Crippen molar-refractivity contribution in [3.63, 3.8) is 0 Å². The minimum Gasteiger partial charge on any atom is -0.489 e. The first-order valence-corrected chi connectivity index (χ1v) is 10.0. The Balaban J connectivity index is 1.57. The van der Waals surface area contributed by atoms with Gasteiger partial charge in [-0.1, -0.05) is 0 Å². The molecule has 5 nitrogen and oxygen atoms in total. The van der Waals surface area contributed by atoms with Crippen LogP contribution in [0.15, 0.2) is 12.1 Å². The molecular formula is C21H33N3O2. The highest BCUT2D eigenvalue weighted by molar-refractivity contribution is 5.76. The first-order chi connectivity index (χ1) is 12.4. The van der Waals surface area contributed by atoms with Gasteiger partial charge >= 0.3 is 0 Å². The molecule has 1 aromatic rings. The highest BCUT2D eigenvalue weighted by Crippen LogP contribution is 2.36. The Bertz CT molecular complexity index is 632. The third-order valence-electron chi connectivity index (χ3n) is 5.64. The van der Waals surface area contributed by atoms with Crippen LogP contribution in [0.25, 0.3) is 0 Å². The molecule has 2 heterocycles. The molecule has 0 radical (unpaired) electrons. The molecule has 2 saturated heterocycles. The topological polar surface area (TPSA) is 58.8 Å². The molecule has 26 heavy (non-hydrogen) atoms. The van der Waals surface area contributed by atoms with Gasteiger partial charge in [0.1, 0.15) is 5.75 Å². The van der Waals surface area contributed by atoms with Crippen LogP contribution in [0.2, 0.25) is 0 Å². The number of hydrogen-bond acceptors (Lipinski definition) is 4. The zero-order valence-electron chi connectivity index (χ0n) is 16.5. The van der Waals surface area contributed by atoms with Gasteiger partial charge in [-0.05, 0) is 82.3 Å². The Labute approximate surface area is 157 Å².